The lowest BCUT2D eigenvalue weighted by Crippen LogP contribution is -2.20. The molecule has 1 aliphatic rings. The zero-order chi connectivity index (χ0) is 12.8. The predicted molar refractivity (Wildman–Crippen MR) is 76.3 cm³/mol. The average Bonchev–Trinajstić information content (AvgIpc) is 2.85. The Bertz CT molecular complexity index is 349. The van der Waals surface area contributed by atoms with Crippen LogP contribution in [0, 0.1) is 13.8 Å². The largest absolute Gasteiger partial charge is 0.493 e. The van der Waals surface area contributed by atoms with Gasteiger partial charge in [-0.1, -0.05) is 18.2 Å². The van der Waals surface area contributed by atoms with Crippen molar-refractivity contribution >= 4 is 0 Å². The van der Waals surface area contributed by atoms with Crippen molar-refractivity contribution in [3.05, 3.63) is 29.3 Å². The van der Waals surface area contributed by atoms with Crippen molar-refractivity contribution in [1.29, 1.82) is 0 Å². The van der Waals surface area contributed by atoms with Gasteiger partial charge in [-0.2, -0.15) is 0 Å². The fourth-order valence-corrected chi connectivity index (χ4v) is 2.64. The Labute approximate surface area is 111 Å². The van der Waals surface area contributed by atoms with Crippen LogP contribution >= 0.6 is 0 Å². The Morgan fingerprint density at radius 2 is 1.72 bits per heavy atom. The van der Waals surface area contributed by atoms with E-state index in [1.807, 2.05) is 0 Å². The third-order valence-electron chi connectivity index (χ3n) is 3.72. The van der Waals surface area contributed by atoms with E-state index >= 15 is 0 Å². The third-order valence-corrected chi connectivity index (χ3v) is 3.72. The van der Waals surface area contributed by atoms with Crippen molar-refractivity contribution < 1.29 is 4.74 Å². The van der Waals surface area contributed by atoms with Crippen LogP contribution in [0.4, 0.5) is 0 Å². The molecule has 0 bridgehead atoms. The summed E-state index contributed by atoms with van der Waals surface area (Å²) in [6.07, 6.45) is 5.19. The second kappa shape index (κ2) is 6.79. The van der Waals surface area contributed by atoms with E-state index in [9.17, 15) is 0 Å². The molecule has 0 unspecified atom stereocenters. The lowest BCUT2D eigenvalue weighted by Gasteiger charge is -2.15. The minimum Gasteiger partial charge on any atom is -0.493 e. The average molecular weight is 247 g/mol. The van der Waals surface area contributed by atoms with E-state index in [2.05, 4.69) is 36.9 Å². The van der Waals surface area contributed by atoms with Gasteiger partial charge >= 0.3 is 0 Å². The number of unbranched alkanes of at least 4 members (excludes halogenated alkanes) is 1. The van der Waals surface area contributed by atoms with Gasteiger partial charge < -0.3 is 9.64 Å². The fraction of sp³-hybridized carbons (Fsp3) is 0.625. The first kappa shape index (κ1) is 13.4. The summed E-state index contributed by atoms with van der Waals surface area (Å²) < 4.78 is 5.91. The zero-order valence-corrected chi connectivity index (χ0v) is 11.7. The molecule has 0 aromatic heterocycles. The maximum absolute atomic E-state index is 5.91. The van der Waals surface area contributed by atoms with Crippen molar-refractivity contribution in [3.8, 4) is 5.75 Å². The molecule has 0 atom stereocenters. The molecule has 1 aliphatic heterocycles. The SMILES string of the molecule is Cc1cccc(C)c1OCCCCN1CCCC1. The second-order valence-electron chi connectivity index (χ2n) is 5.33. The Balaban J connectivity index is 1.65. The molecular formula is C16H25NO. The number of hydrogen-bond acceptors (Lipinski definition) is 2. The first-order valence-corrected chi connectivity index (χ1v) is 7.19. The molecule has 2 heteroatoms. The van der Waals surface area contributed by atoms with E-state index < -0.39 is 0 Å². The van der Waals surface area contributed by atoms with Gasteiger partial charge in [-0.3, -0.25) is 0 Å². The normalized spacial score (nSPS) is 16.1. The van der Waals surface area contributed by atoms with Crippen molar-refractivity contribution in [2.24, 2.45) is 0 Å². The molecule has 1 heterocycles. The quantitative estimate of drug-likeness (QED) is 0.713. The highest BCUT2D eigenvalue weighted by atomic mass is 16.5. The van der Waals surface area contributed by atoms with E-state index in [1.165, 1.54) is 50.0 Å². The van der Waals surface area contributed by atoms with Crippen LogP contribution in [0.25, 0.3) is 0 Å². The molecule has 18 heavy (non-hydrogen) atoms. The van der Waals surface area contributed by atoms with Crippen LogP contribution in [0.2, 0.25) is 0 Å². The minimum atomic E-state index is 0.847. The zero-order valence-electron chi connectivity index (χ0n) is 11.7. The first-order chi connectivity index (χ1) is 8.77. The van der Waals surface area contributed by atoms with Crippen molar-refractivity contribution in [2.45, 2.75) is 39.5 Å². The topological polar surface area (TPSA) is 12.5 Å². The lowest BCUT2D eigenvalue weighted by molar-refractivity contribution is 0.277. The maximum atomic E-state index is 5.91. The fourth-order valence-electron chi connectivity index (χ4n) is 2.64. The van der Waals surface area contributed by atoms with Crippen LogP contribution in [0.5, 0.6) is 5.75 Å². The summed E-state index contributed by atoms with van der Waals surface area (Å²) >= 11 is 0. The number of nitrogens with zero attached hydrogens (tertiary/aromatic N) is 1. The summed E-state index contributed by atoms with van der Waals surface area (Å²) in [6.45, 7) is 8.93. The van der Waals surface area contributed by atoms with Crippen LogP contribution in [-0.2, 0) is 0 Å². The van der Waals surface area contributed by atoms with Gasteiger partial charge in [0.2, 0.25) is 0 Å². The molecule has 100 valence electrons. The first-order valence-electron chi connectivity index (χ1n) is 7.19. The standard InChI is InChI=1S/C16H25NO/c1-14-8-7-9-15(2)16(14)18-13-6-5-12-17-10-3-4-11-17/h7-9H,3-6,10-13H2,1-2H3. The van der Waals surface area contributed by atoms with Crippen molar-refractivity contribution in [2.75, 3.05) is 26.2 Å². The molecule has 0 amide bonds. The van der Waals surface area contributed by atoms with E-state index in [1.54, 1.807) is 0 Å². The monoisotopic (exact) mass is 247 g/mol. The molecule has 1 fully saturated rings. The second-order valence-corrected chi connectivity index (χ2v) is 5.33. The summed E-state index contributed by atoms with van der Waals surface area (Å²) in [5.41, 5.74) is 2.49. The summed E-state index contributed by atoms with van der Waals surface area (Å²) in [5, 5.41) is 0. The number of ether oxygens (including phenoxy) is 1. The van der Waals surface area contributed by atoms with Gasteiger partial charge in [0.15, 0.2) is 0 Å². The van der Waals surface area contributed by atoms with Gasteiger partial charge in [0.25, 0.3) is 0 Å². The van der Waals surface area contributed by atoms with Crippen LogP contribution in [0.3, 0.4) is 0 Å². The molecule has 1 aromatic rings. The molecule has 0 N–H and O–H groups in total. The smallest absolute Gasteiger partial charge is 0.125 e. The number of likely N-dealkylation sites (tertiary alicyclic amines) is 1. The van der Waals surface area contributed by atoms with Gasteiger partial charge in [-0.25, -0.2) is 0 Å². The highest BCUT2D eigenvalue weighted by Gasteiger charge is 2.10. The number of rotatable bonds is 6. The Morgan fingerprint density at radius 1 is 1.06 bits per heavy atom. The van der Waals surface area contributed by atoms with Gasteiger partial charge in [0.05, 0.1) is 6.61 Å². The molecule has 0 spiro atoms. The highest BCUT2D eigenvalue weighted by Crippen LogP contribution is 2.22. The van der Waals surface area contributed by atoms with Crippen LogP contribution in [-0.4, -0.2) is 31.1 Å². The van der Waals surface area contributed by atoms with Crippen molar-refractivity contribution in [3.63, 3.8) is 0 Å². The summed E-state index contributed by atoms with van der Waals surface area (Å²) in [7, 11) is 0. The third kappa shape index (κ3) is 3.74. The van der Waals surface area contributed by atoms with Gasteiger partial charge in [-0.15, -0.1) is 0 Å². The molecule has 1 aromatic carbocycles. The van der Waals surface area contributed by atoms with E-state index in [-0.39, 0.29) is 0 Å². The molecule has 0 aliphatic carbocycles. The van der Waals surface area contributed by atoms with E-state index in [0.717, 1.165) is 18.8 Å². The molecule has 2 nitrogen and oxygen atoms in total. The Morgan fingerprint density at radius 3 is 2.39 bits per heavy atom. The summed E-state index contributed by atoms with van der Waals surface area (Å²) in [4.78, 5) is 2.57. The van der Waals surface area contributed by atoms with E-state index in [0.29, 0.717) is 0 Å². The van der Waals surface area contributed by atoms with Gasteiger partial charge in [0, 0.05) is 0 Å². The number of para-hydroxylation sites is 1. The van der Waals surface area contributed by atoms with Gasteiger partial charge in [-0.05, 0) is 70.3 Å². The molecular weight excluding hydrogens is 222 g/mol. The predicted octanol–water partition coefficient (Wildman–Crippen LogP) is 3.56. The van der Waals surface area contributed by atoms with Crippen LogP contribution in [0.15, 0.2) is 18.2 Å². The maximum Gasteiger partial charge on any atom is 0.125 e. The Kier molecular flexibility index (Phi) is 5.06. The number of hydrogen-bond donors (Lipinski definition) is 0. The van der Waals surface area contributed by atoms with Crippen LogP contribution in [0.1, 0.15) is 36.8 Å². The van der Waals surface area contributed by atoms with E-state index in [4.69, 9.17) is 4.74 Å². The summed E-state index contributed by atoms with van der Waals surface area (Å²) in [6, 6.07) is 6.32. The molecule has 0 radical (unpaired) electrons. The minimum absolute atomic E-state index is 0.847. The van der Waals surface area contributed by atoms with Gasteiger partial charge in [0.1, 0.15) is 5.75 Å². The number of aryl methyl sites for hydroxylation is 2. The highest BCUT2D eigenvalue weighted by molar-refractivity contribution is 5.39. The Hall–Kier alpha value is -1.02. The van der Waals surface area contributed by atoms with Crippen molar-refractivity contribution in [1.82, 2.24) is 4.90 Å². The molecule has 2 rings (SSSR count). The van der Waals surface area contributed by atoms with Crippen LogP contribution < -0.4 is 4.74 Å². The molecule has 0 saturated carbocycles. The number of benzene rings is 1. The molecule has 1 saturated heterocycles. The lowest BCUT2D eigenvalue weighted by atomic mass is 10.1. The summed E-state index contributed by atoms with van der Waals surface area (Å²) in [5.74, 6) is 1.08.